The molecule has 1 rings (SSSR count). The monoisotopic (exact) mass is 337 g/mol. The first-order valence-corrected chi connectivity index (χ1v) is 8.38. The predicted molar refractivity (Wildman–Crippen MR) is 94.3 cm³/mol. The van der Waals surface area contributed by atoms with E-state index in [-0.39, 0.29) is 12.5 Å². The fraction of sp³-hybridized carbons (Fsp3) is 0.412. The summed E-state index contributed by atoms with van der Waals surface area (Å²) in [5.41, 5.74) is 1.31. The van der Waals surface area contributed by atoms with Crippen molar-refractivity contribution in [2.24, 2.45) is 0 Å². The van der Waals surface area contributed by atoms with Crippen molar-refractivity contribution in [2.45, 2.75) is 20.8 Å². The second kappa shape index (κ2) is 9.27. The van der Waals surface area contributed by atoms with Gasteiger partial charge in [0.1, 0.15) is 5.00 Å². The molecule has 0 spiro atoms. The largest absolute Gasteiger partial charge is 0.462 e. The lowest BCUT2D eigenvalue weighted by Gasteiger charge is -2.15. The third-order valence-electron chi connectivity index (χ3n) is 3.39. The van der Waals surface area contributed by atoms with Gasteiger partial charge in [-0.2, -0.15) is 0 Å². The van der Waals surface area contributed by atoms with Crippen molar-refractivity contribution >= 4 is 28.2 Å². The van der Waals surface area contributed by atoms with Crippen LogP contribution >= 0.6 is 11.3 Å². The standard InChI is InChI=1S/C17H24N2O3S/c1-6-9-19(10-7-2)11-14(20)18-16-15(17(21)22-8-3)12(4)13(5)23-16/h6-7H,1-2,8-11H2,3-5H3,(H,18,20)/p+1. The molecule has 0 saturated heterocycles. The summed E-state index contributed by atoms with van der Waals surface area (Å²) in [5, 5.41) is 3.40. The Hall–Kier alpha value is -1.92. The molecule has 1 amide bonds. The van der Waals surface area contributed by atoms with E-state index < -0.39 is 5.97 Å². The summed E-state index contributed by atoms with van der Waals surface area (Å²) < 4.78 is 5.09. The number of hydrogen-bond donors (Lipinski definition) is 2. The molecule has 0 aliphatic heterocycles. The molecule has 0 unspecified atom stereocenters. The molecule has 23 heavy (non-hydrogen) atoms. The summed E-state index contributed by atoms with van der Waals surface area (Å²) in [6.07, 6.45) is 3.55. The number of rotatable bonds is 9. The smallest absolute Gasteiger partial charge is 0.341 e. The normalized spacial score (nSPS) is 10.4. The van der Waals surface area contributed by atoms with E-state index in [0.717, 1.165) is 15.3 Å². The highest BCUT2D eigenvalue weighted by atomic mass is 32.1. The number of esters is 1. The molecule has 0 aliphatic rings. The van der Waals surface area contributed by atoms with Crippen molar-refractivity contribution in [1.29, 1.82) is 0 Å². The zero-order chi connectivity index (χ0) is 17.4. The third kappa shape index (κ3) is 5.33. The molecule has 126 valence electrons. The van der Waals surface area contributed by atoms with E-state index in [2.05, 4.69) is 18.5 Å². The Labute approximate surface area is 141 Å². The van der Waals surface area contributed by atoms with Gasteiger partial charge in [-0.1, -0.05) is 13.2 Å². The molecule has 0 aliphatic carbocycles. The van der Waals surface area contributed by atoms with Crippen molar-refractivity contribution in [3.05, 3.63) is 41.3 Å². The maximum absolute atomic E-state index is 12.3. The summed E-state index contributed by atoms with van der Waals surface area (Å²) in [5.74, 6) is -0.540. The SMILES string of the molecule is C=CC[NH+](CC=C)CC(=O)Nc1sc(C)c(C)c1C(=O)OCC. The molecule has 0 aromatic carbocycles. The lowest BCUT2D eigenvalue weighted by Crippen LogP contribution is -3.12. The summed E-state index contributed by atoms with van der Waals surface area (Å²) >= 11 is 1.39. The molecule has 0 bridgehead atoms. The highest BCUT2D eigenvalue weighted by Gasteiger charge is 2.23. The quantitative estimate of drug-likeness (QED) is 0.533. The van der Waals surface area contributed by atoms with E-state index in [1.165, 1.54) is 11.3 Å². The minimum Gasteiger partial charge on any atom is -0.462 e. The first-order valence-electron chi connectivity index (χ1n) is 7.56. The van der Waals surface area contributed by atoms with Gasteiger partial charge in [0.25, 0.3) is 5.91 Å². The van der Waals surface area contributed by atoms with Crippen molar-refractivity contribution in [3.63, 3.8) is 0 Å². The maximum atomic E-state index is 12.3. The molecule has 0 radical (unpaired) electrons. The lowest BCUT2D eigenvalue weighted by molar-refractivity contribution is -0.879. The van der Waals surface area contributed by atoms with Crippen LogP contribution in [0.25, 0.3) is 0 Å². The minimum absolute atomic E-state index is 0.143. The summed E-state index contributed by atoms with van der Waals surface area (Å²) in [6.45, 7) is 14.9. The van der Waals surface area contributed by atoms with E-state index in [0.29, 0.717) is 30.3 Å². The lowest BCUT2D eigenvalue weighted by atomic mass is 10.1. The van der Waals surface area contributed by atoms with Gasteiger partial charge in [0.2, 0.25) is 0 Å². The van der Waals surface area contributed by atoms with Crippen LogP contribution in [0.4, 0.5) is 5.00 Å². The highest BCUT2D eigenvalue weighted by Crippen LogP contribution is 2.32. The second-order valence-corrected chi connectivity index (χ2v) is 6.39. The Morgan fingerprint density at radius 2 is 1.87 bits per heavy atom. The zero-order valence-corrected chi connectivity index (χ0v) is 14.8. The number of hydrogen-bond acceptors (Lipinski definition) is 4. The Bertz CT molecular complexity index is 583. The summed E-state index contributed by atoms with van der Waals surface area (Å²) in [6, 6.07) is 0. The first kappa shape index (κ1) is 19.1. The van der Waals surface area contributed by atoms with Gasteiger partial charge in [-0.15, -0.1) is 11.3 Å². The number of carbonyl (C=O) groups excluding carboxylic acids is 2. The average molecular weight is 337 g/mol. The molecule has 5 nitrogen and oxygen atoms in total. The number of quaternary nitrogens is 1. The number of thiophene rings is 1. The van der Waals surface area contributed by atoms with Crippen LogP contribution in [0.15, 0.2) is 25.3 Å². The Morgan fingerprint density at radius 3 is 2.39 bits per heavy atom. The van der Waals surface area contributed by atoms with E-state index in [9.17, 15) is 9.59 Å². The molecular formula is C17H25N2O3S+. The maximum Gasteiger partial charge on any atom is 0.341 e. The van der Waals surface area contributed by atoms with Gasteiger partial charge in [0, 0.05) is 4.88 Å². The Morgan fingerprint density at radius 1 is 1.26 bits per heavy atom. The number of anilines is 1. The molecule has 1 aromatic rings. The molecule has 2 N–H and O–H groups in total. The number of carbonyl (C=O) groups is 2. The van der Waals surface area contributed by atoms with E-state index in [4.69, 9.17) is 4.74 Å². The van der Waals surface area contributed by atoms with E-state index in [1.54, 1.807) is 19.1 Å². The minimum atomic E-state index is -0.397. The number of aryl methyl sites for hydroxylation is 1. The van der Waals surface area contributed by atoms with Crippen LogP contribution < -0.4 is 10.2 Å². The second-order valence-electron chi connectivity index (χ2n) is 5.17. The van der Waals surface area contributed by atoms with Crippen molar-refractivity contribution in [2.75, 3.05) is 31.6 Å². The van der Waals surface area contributed by atoms with Gasteiger partial charge in [-0.3, -0.25) is 4.79 Å². The van der Waals surface area contributed by atoms with Crippen molar-refractivity contribution < 1.29 is 19.2 Å². The topological polar surface area (TPSA) is 59.8 Å². The fourth-order valence-electron chi connectivity index (χ4n) is 2.20. The highest BCUT2D eigenvalue weighted by molar-refractivity contribution is 7.16. The predicted octanol–water partition coefficient (Wildman–Crippen LogP) is 1.74. The van der Waals surface area contributed by atoms with Crippen LogP contribution in [0.1, 0.15) is 27.7 Å². The molecule has 1 aromatic heterocycles. The number of amides is 1. The number of nitrogens with one attached hydrogen (secondary N) is 2. The molecule has 6 heteroatoms. The Balaban J connectivity index is 2.89. The molecule has 0 atom stereocenters. The van der Waals surface area contributed by atoms with Crippen LogP contribution in [-0.2, 0) is 9.53 Å². The fourth-order valence-corrected chi connectivity index (χ4v) is 3.26. The molecular weight excluding hydrogens is 312 g/mol. The van der Waals surface area contributed by atoms with Crippen LogP contribution in [-0.4, -0.2) is 38.1 Å². The van der Waals surface area contributed by atoms with Crippen LogP contribution in [0.3, 0.4) is 0 Å². The van der Waals surface area contributed by atoms with Crippen LogP contribution in [0, 0.1) is 13.8 Å². The van der Waals surface area contributed by atoms with Gasteiger partial charge in [-0.25, -0.2) is 4.79 Å². The van der Waals surface area contributed by atoms with Crippen LogP contribution in [0.5, 0.6) is 0 Å². The number of ether oxygens (including phenoxy) is 1. The zero-order valence-electron chi connectivity index (χ0n) is 14.0. The summed E-state index contributed by atoms with van der Waals surface area (Å²) in [7, 11) is 0. The average Bonchev–Trinajstić information content (AvgIpc) is 2.74. The van der Waals surface area contributed by atoms with Gasteiger partial charge < -0.3 is 15.0 Å². The van der Waals surface area contributed by atoms with Gasteiger partial charge in [0.15, 0.2) is 6.54 Å². The van der Waals surface area contributed by atoms with E-state index >= 15 is 0 Å². The van der Waals surface area contributed by atoms with E-state index in [1.807, 2.05) is 13.8 Å². The van der Waals surface area contributed by atoms with Crippen molar-refractivity contribution in [3.8, 4) is 0 Å². The van der Waals surface area contributed by atoms with Crippen molar-refractivity contribution in [1.82, 2.24) is 0 Å². The van der Waals surface area contributed by atoms with Gasteiger partial charge >= 0.3 is 5.97 Å². The van der Waals surface area contributed by atoms with Crippen LogP contribution in [0.2, 0.25) is 0 Å². The third-order valence-corrected chi connectivity index (χ3v) is 4.52. The molecule has 1 heterocycles. The van der Waals surface area contributed by atoms with Gasteiger partial charge in [0.05, 0.1) is 25.3 Å². The summed E-state index contributed by atoms with van der Waals surface area (Å²) in [4.78, 5) is 26.4. The molecule has 0 saturated carbocycles. The van der Waals surface area contributed by atoms with Gasteiger partial charge in [-0.05, 0) is 38.5 Å². The Kier molecular flexibility index (Phi) is 7.71. The first-order chi connectivity index (χ1) is 10.9. The molecule has 0 fully saturated rings.